The summed E-state index contributed by atoms with van der Waals surface area (Å²) in [5, 5.41) is 6.40. The van der Waals surface area contributed by atoms with E-state index in [4.69, 9.17) is 5.73 Å². The van der Waals surface area contributed by atoms with Crippen LogP contribution in [0.3, 0.4) is 0 Å². The molecule has 0 spiro atoms. The van der Waals surface area contributed by atoms with Gasteiger partial charge in [0, 0.05) is 24.0 Å². The molecule has 3 rings (SSSR count). The zero-order valence-corrected chi connectivity index (χ0v) is 14.5. The molecule has 2 unspecified atom stereocenters. The van der Waals surface area contributed by atoms with E-state index in [0.717, 1.165) is 18.2 Å². The second kappa shape index (κ2) is 6.79. The fraction of sp³-hybridized carbons (Fsp3) is 0.647. The first kappa shape index (κ1) is 16.1. The number of anilines is 1. The first-order chi connectivity index (χ1) is 10.6. The fourth-order valence-electron chi connectivity index (χ4n) is 3.41. The Balaban J connectivity index is 1.57. The molecule has 1 aromatic rings. The molecule has 4 nitrogen and oxygen atoms in total. The summed E-state index contributed by atoms with van der Waals surface area (Å²) in [6, 6.07) is 8.91. The van der Waals surface area contributed by atoms with Gasteiger partial charge in [-0.3, -0.25) is 16.0 Å². The Bertz CT molecular complexity index is 480. The molecular weight excluding hydrogens is 292 g/mol. The quantitative estimate of drug-likeness (QED) is 0.728. The lowest BCUT2D eigenvalue weighted by atomic mass is 10.0. The molecule has 2 atom stereocenters. The van der Waals surface area contributed by atoms with Gasteiger partial charge in [0.15, 0.2) is 5.12 Å². The highest BCUT2D eigenvalue weighted by atomic mass is 32.2. The van der Waals surface area contributed by atoms with Crippen LogP contribution < -0.4 is 16.4 Å². The van der Waals surface area contributed by atoms with Crippen LogP contribution >= 0.6 is 11.8 Å². The molecule has 1 fully saturated rings. The van der Waals surface area contributed by atoms with Gasteiger partial charge in [0.1, 0.15) is 0 Å². The monoisotopic (exact) mass is 320 g/mol. The SMILES string of the molecule is CC(C)CN1CCCCC1CNC1(N)Nc2ccccc2S1. The molecule has 0 aliphatic carbocycles. The van der Waals surface area contributed by atoms with Crippen LogP contribution in [0.4, 0.5) is 5.69 Å². The third-order valence-corrected chi connectivity index (χ3v) is 5.57. The average molecular weight is 321 g/mol. The summed E-state index contributed by atoms with van der Waals surface area (Å²) in [5.74, 6) is 0.718. The van der Waals surface area contributed by atoms with Crippen LogP contribution in [0, 0.1) is 5.92 Å². The van der Waals surface area contributed by atoms with Gasteiger partial charge in [-0.15, -0.1) is 0 Å². The molecule has 2 aliphatic heterocycles. The number of hydrogen-bond acceptors (Lipinski definition) is 5. The number of nitrogens with two attached hydrogens (primary N) is 1. The summed E-state index contributed by atoms with van der Waals surface area (Å²) in [5.41, 5.74) is 7.63. The average Bonchev–Trinajstić information content (AvgIpc) is 2.82. The molecule has 0 bridgehead atoms. The minimum atomic E-state index is -0.579. The number of fused-ring (bicyclic) bond motifs is 1. The molecule has 0 radical (unpaired) electrons. The Morgan fingerprint density at radius 2 is 2.23 bits per heavy atom. The van der Waals surface area contributed by atoms with Crippen molar-refractivity contribution in [2.75, 3.05) is 25.0 Å². The maximum atomic E-state index is 6.50. The summed E-state index contributed by atoms with van der Waals surface area (Å²) in [4.78, 5) is 3.86. The van der Waals surface area contributed by atoms with Gasteiger partial charge < -0.3 is 5.32 Å². The van der Waals surface area contributed by atoms with E-state index in [1.807, 2.05) is 6.07 Å². The molecule has 4 N–H and O–H groups in total. The number of hydrogen-bond donors (Lipinski definition) is 3. The maximum absolute atomic E-state index is 6.50. The summed E-state index contributed by atoms with van der Waals surface area (Å²) < 4.78 is 0. The second-order valence-corrected chi connectivity index (χ2v) is 8.17. The van der Waals surface area contributed by atoms with Gasteiger partial charge in [0.05, 0.1) is 5.69 Å². The number of benzene rings is 1. The minimum absolute atomic E-state index is 0.579. The number of para-hydroxylation sites is 1. The summed E-state index contributed by atoms with van der Waals surface area (Å²) in [6.07, 6.45) is 3.93. The number of nitrogens with one attached hydrogen (secondary N) is 2. The smallest absolute Gasteiger partial charge is 0.196 e. The number of nitrogens with zero attached hydrogens (tertiary/aromatic N) is 1. The molecule has 5 heteroatoms. The minimum Gasteiger partial charge on any atom is -0.345 e. The van der Waals surface area contributed by atoms with Crippen molar-refractivity contribution >= 4 is 17.4 Å². The van der Waals surface area contributed by atoms with Crippen LogP contribution in [-0.2, 0) is 0 Å². The van der Waals surface area contributed by atoms with E-state index in [-0.39, 0.29) is 0 Å². The number of piperidine rings is 1. The number of thioether (sulfide) groups is 1. The zero-order valence-electron chi connectivity index (χ0n) is 13.6. The van der Waals surface area contributed by atoms with Crippen LogP contribution in [0.5, 0.6) is 0 Å². The normalized spacial score (nSPS) is 28.6. The van der Waals surface area contributed by atoms with E-state index in [1.54, 1.807) is 11.8 Å². The Morgan fingerprint density at radius 1 is 1.41 bits per heavy atom. The molecular formula is C17H28N4S. The standard InChI is InChI=1S/C17H28N4S/c1-13(2)12-21-10-6-5-7-14(21)11-19-17(18)20-15-8-3-4-9-16(15)22-17/h3-4,8-9,13-14,19-20H,5-7,10-12,18H2,1-2H3. The predicted octanol–water partition coefficient (Wildman–Crippen LogP) is 2.87. The van der Waals surface area contributed by atoms with Crippen molar-refractivity contribution in [2.24, 2.45) is 11.7 Å². The lowest BCUT2D eigenvalue weighted by molar-refractivity contribution is 0.127. The van der Waals surface area contributed by atoms with Crippen molar-refractivity contribution in [1.82, 2.24) is 10.2 Å². The van der Waals surface area contributed by atoms with Crippen LogP contribution in [0.25, 0.3) is 0 Å². The van der Waals surface area contributed by atoms with Crippen molar-refractivity contribution in [1.29, 1.82) is 0 Å². The van der Waals surface area contributed by atoms with E-state index in [2.05, 4.69) is 47.6 Å². The molecule has 122 valence electrons. The first-order valence-electron chi connectivity index (χ1n) is 8.40. The van der Waals surface area contributed by atoms with Crippen molar-refractivity contribution in [3.8, 4) is 0 Å². The third-order valence-electron chi connectivity index (χ3n) is 4.43. The van der Waals surface area contributed by atoms with Gasteiger partial charge in [-0.05, 0) is 37.4 Å². The van der Waals surface area contributed by atoms with E-state index in [9.17, 15) is 0 Å². The van der Waals surface area contributed by atoms with Crippen molar-refractivity contribution in [2.45, 2.75) is 49.2 Å². The Morgan fingerprint density at radius 3 is 3.00 bits per heavy atom. The Hall–Kier alpha value is -0.750. The summed E-state index contributed by atoms with van der Waals surface area (Å²) >= 11 is 1.68. The second-order valence-electron chi connectivity index (χ2n) is 6.88. The molecule has 22 heavy (non-hydrogen) atoms. The van der Waals surface area contributed by atoms with Gasteiger partial charge in [0.25, 0.3) is 0 Å². The zero-order chi connectivity index (χ0) is 15.6. The largest absolute Gasteiger partial charge is 0.345 e. The summed E-state index contributed by atoms with van der Waals surface area (Å²) in [6.45, 7) is 7.95. The molecule has 1 saturated heterocycles. The predicted molar refractivity (Wildman–Crippen MR) is 94.9 cm³/mol. The molecule has 2 aliphatic rings. The lowest BCUT2D eigenvalue weighted by Crippen LogP contribution is -2.59. The maximum Gasteiger partial charge on any atom is 0.196 e. The fourth-order valence-corrected chi connectivity index (χ4v) is 4.45. The third kappa shape index (κ3) is 3.77. The highest BCUT2D eigenvalue weighted by Gasteiger charge is 2.34. The van der Waals surface area contributed by atoms with Gasteiger partial charge in [-0.2, -0.15) is 0 Å². The van der Waals surface area contributed by atoms with Crippen molar-refractivity contribution in [3.05, 3.63) is 24.3 Å². The van der Waals surface area contributed by atoms with E-state index in [0.29, 0.717) is 6.04 Å². The van der Waals surface area contributed by atoms with Crippen molar-refractivity contribution < 1.29 is 0 Å². The summed E-state index contributed by atoms with van der Waals surface area (Å²) in [7, 11) is 0. The topological polar surface area (TPSA) is 53.3 Å². The van der Waals surface area contributed by atoms with Gasteiger partial charge in [0.2, 0.25) is 0 Å². The Labute approximate surface area is 138 Å². The van der Waals surface area contributed by atoms with Gasteiger partial charge in [-0.25, -0.2) is 0 Å². The van der Waals surface area contributed by atoms with Crippen LogP contribution in [-0.4, -0.2) is 35.7 Å². The molecule has 1 aromatic carbocycles. The lowest BCUT2D eigenvalue weighted by Gasteiger charge is -2.38. The molecule has 0 saturated carbocycles. The van der Waals surface area contributed by atoms with Crippen LogP contribution in [0.15, 0.2) is 29.2 Å². The van der Waals surface area contributed by atoms with Crippen molar-refractivity contribution in [3.63, 3.8) is 0 Å². The molecule has 0 amide bonds. The molecule has 2 heterocycles. The number of rotatable bonds is 5. The van der Waals surface area contributed by atoms with Crippen LogP contribution in [0.1, 0.15) is 33.1 Å². The Kier molecular flexibility index (Phi) is 4.97. The van der Waals surface area contributed by atoms with E-state index in [1.165, 1.54) is 37.2 Å². The van der Waals surface area contributed by atoms with Crippen LogP contribution in [0.2, 0.25) is 0 Å². The first-order valence-corrected chi connectivity index (χ1v) is 9.21. The highest BCUT2D eigenvalue weighted by Crippen LogP contribution is 2.40. The number of likely N-dealkylation sites (tertiary alicyclic amines) is 1. The van der Waals surface area contributed by atoms with Gasteiger partial charge >= 0.3 is 0 Å². The van der Waals surface area contributed by atoms with Gasteiger partial charge in [-0.1, -0.05) is 44.2 Å². The van der Waals surface area contributed by atoms with E-state index >= 15 is 0 Å². The molecule has 0 aromatic heterocycles. The van der Waals surface area contributed by atoms with E-state index < -0.39 is 5.12 Å². The highest BCUT2D eigenvalue weighted by molar-refractivity contribution is 8.01.